The topological polar surface area (TPSA) is 104 Å². The summed E-state index contributed by atoms with van der Waals surface area (Å²) >= 11 is 0. The highest BCUT2D eigenvalue weighted by atomic mass is 16.5. The van der Waals surface area contributed by atoms with Crippen molar-refractivity contribution in [2.24, 2.45) is 0 Å². The fourth-order valence-electron chi connectivity index (χ4n) is 0.775. The van der Waals surface area contributed by atoms with Crippen molar-refractivity contribution >= 4 is 17.7 Å². The molecule has 13 heavy (non-hydrogen) atoms. The number of hydrogen-bond donors (Lipinski definition) is 2. The van der Waals surface area contributed by atoms with E-state index in [9.17, 15) is 4.79 Å². The van der Waals surface area contributed by atoms with E-state index in [1.54, 1.807) is 6.92 Å². The Morgan fingerprint density at radius 2 is 2.31 bits per heavy atom. The fourth-order valence-corrected chi connectivity index (χ4v) is 0.775. The number of anilines is 2. The van der Waals surface area contributed by atoms with Crippen LogP contribution in [0.4, 0.5) is 11.8 Å². The first-order chi connectivity index (χ1) is 6.15. The Balaban J connectivity index is 2.95. The van der Waals surface area contributed by atoms with Gasteiger partial charge in [-0.15, -0.1) is 0 Å². The maximum Gasteiger partial charge on any atom is 0.343 e. The summed E-state index contributed by atoms with van der Waals surface area (Å²) in [5.74, 6) is -0.475. The average Bonchev–Trinajstić information content (AvgIpc) is 2.04. The minimum Gasteiger partial charge on any atom is -0.462 e. The third-order valence-electron chi connectivity index (χ3n) is 1.33. The van der Waals surface area contributed by atoms with E-state index in [-0.39, 0.29) is 23.9 Å². The Kier molecular flexibility index (Phi) is 2.63. The predicted molar refractivity (Wildman–Crippen MR) is 46.8 cm³/mol. The van der Waals surface area contributed by atoms with Crippen LogP contribution >= 0.6 is 0 Å². The number of rotatable bonds is 2. The van der Waals surface area contributed by atoms with E-state index in [2.05, 4.69) is 9.97 Å². The number of carbonyl (C=O) groups excluding carboxylic acids is 1. The Labute approximate surface area is 74.9 Å². The molecule has 0 atom stereocenters. The van der Waals surface area contributed by atoms with Crippen LogP contribution in [0.15, 0.2) is 6.20 Å². The molecule has 0 radical (unpaired) electrons. The molecule has 6 nitrogen and oxygen atoms in total. The molecule has 0 aliphatic heterocycles. The first-order valence-corrected chi connectivity index (χ1v) is 3.70. The highest BCUT2D eigenvalue weighted by Gasteiger charge is 2.12. The minimum absolute atomic E-state index is 0.0329. The summed E-state index contributed by atoms with van der Waals surface area (Å²) < 4.78 is 4.71. The SMILES string of the molecule is CCOC(=O)c1cnc(N)nc1N. The van der Waals surface area contributed by atoms with Gasteiger partial charge in [0.15, 0.2) is 0 Å². The fraction of sp³-hybridized carbons (Fsp3) is 0.286. The molecule has 0 aromatic carbocycles. The zero-order valence-corrected chi connectivity index (χ0v) is 7.15. The van der Waals surface area contributed by atoms with Crippen LogP contribution in [-0.4, -0.2) is 22.5 Å². The first-order valence-electron chi connectivity index (χ1n) is 3.70. The number of aromatic nitrogens is 2. The molecule has 0 saturated carbocycles. The molecule has 0 amide bonds. The van der Waals surface area contributed by atoms with Crippen LogP contribution in [0.5, 0.6) is 0 Å². The number of carbonyl (C=O) groups is 1. The van der Waals surface area contributed by atoms with Gasteiger partial charge in [0, 0.05) is 6.20 Å². The molecule has 1 rings (SSSR count). The summed E-state index contributed by atoms with van der Waals surface area (Å²) in [6.45, 7) is 1.98. The minimum atomic E-state index is -0.542. The lowest BCUT2D eigenvalue weighted by Gasteiger charge is -2.03. The van der Waals surface area contributed by atoms with Gasteiger partial charge in [-0.25, -0.2) is 9.78 Å². The van der Waals surface area contributed by atoms with E-state index in [4.69, 9.17) is 16.2 Å². The van der Waals surface area contributed by atoms with Crippen LogP contribution in [0, 0.1) is 0 Å². The van der Waals surface area contributed by atoms with Crippen LogP contribution in [0.3, 0.4) is 0 Å². The van der Waals surface area contributed by atoms with Gasteiger partial charge >= 0.3 is 5.97 Å². The molecule has 0 aliphatic rings. The quantitative estimate of drug-likeness (QED) is 0.614. The van der Waals surface area contributed by atoms with Crippen molar-refractivity contribution < 1.29 is 9.53 Å². The van der Waals surface area contributed by atoms with Crippen molar-refractivity contribution in [1.82, 2.24) is 9.97 Å². The van der Waals surface area contributed by atoms with Gasteiger partial charge in [-0.3, -0.25) is 0 Å². The average molecular weight is 182 g/mol. The van der Waals surface area contributed by atoms with Gasteiger partial charge in [0.1, 0.15) is 11.4 Å². The lowest BCUT2D eigenvalue weighted by molar-refractivity contribution is 0.0527. The van der Waals surface area contributed by atoms with Crippen LogP contribution in [-0.2, 0) is 4.74 Å². The third-order valence-corrected chi connectivity index (χ3v) is 1.33. The van der Waals surface area contributed by atoms with Gasteiger partial charge in [0.2, 0.25) is 5.95 Å². The predicted octanol–water partition coefficient (Wildman–Crippen LogP) is -0.182. The lowest BCUT2D eigenvalue weighted by atomic mass is 10.3. The van der Waals surface area contributed by atoms with Crippen LogP contribution in [0.2, 0.25) is 0 Å². The van der Waals surface area contributed by atoms with Crippen molar-refractivity contribution in [3.05, 3.63) is 11.8 Å². The number of nitrogens with two attached hydrogens (primary N) is 2. The number of nitrogen functional groups attached to an aromatic ring is 2. The summed E-state index contributed by atoms with van der Waals surface area (Å²) in [5, 5.41) is 0. The van der Waals surface area contributed by atoms with Crippen molar-refractivity contribution in [3.8, 4) is 0 Å². The molecule has 4 N–H and O–H groups in total. The van der Waals surface area contributed by atoms with Crippen LogP contribution < -0.4 is 11.5 Å². The molecule has 0 saturated heterocycles. The Morgan fingerprint density at radius 1 is 1.62 bits per heavy atom. The summed E-state index contributed by atoms with van der Waals surface area (Å²) in [6, 6.07) is 0. The summed E-state index contributed by atoms with van der Waals surface area (Å²) in [5.41, 5.74) is 10.8. The molecule has 0 spiro atoms. The Bertz CT molecular complexity index is 326. The van der Waals surface area contributed by atoms with Crippen LogP contribution in [0.1, 0.15) is 17.3 Å². The Hall–Kier alpha value is -1.85. The molecule has 0 unspecified atom stereocenters. The van der Waals surface area contributed by atoms with E-state index in [0.717, 1.165) is 0 Å². The monoisotopic (exact) mass is 182 g/mol. The van der Waals surface area contributed by atoms with Gasteiger partial charge in [-0.1, -0.05) is 0 Å². The molecule has 1 aromatic rings. The van der Waals surface area contributed by atoms with E-state index in [1.165, 1.54) is 6.20 Å². The van der Waals surface area contributed by atoms with Gasteiger partial charge in [-0.2, -0.15) is 4.98 Å². The molecular weight excluding hydrogens is 172 g/mol. The summed E-state index contributed by atoms with van der Waals surface area (Å²) in [6.07, 6.45) is 1.25. The zero-order chi connectivity index (χ0) is 9.84. The highest BCUT2D eigenvalue weighted by molar-refractivity contribution is 5.93. The van der Waals surface area contributed by atoms with E-state index >= 15 is 0 Å². The maximum absolute atomic E-state index is 11.2. The van der Waals surface area contributed by atoms with Crippen molar-refractivity contribution in [2.45, 2.75) is 6.92 Å². The van der Waals surface area contributed by atoms with Gasteiger partial charge in [-0.05, 0) is 6.92 Å². The molecule has 70 valence electrons. The smallest absolute Gasteiger partial charge is 0.343 e. The van der Waals surface area contributed by atoms with Crippen molar-refractivity contribution in [2.75, 3.05) is 18.1 Å². The first kappa shape index (κ1) is 9.24. The number of ether oxygens (including phenoxy) is 1. The number of esters is 1. The standard InChI is InChI=1S/C7H10N4O2/c1-2-13-6(12)4-3-10-7(9)11-5(4)8/h3H,2H2,1H3,(H4,8,9,10,11). The molecular formula is C7H10N4O2. The van der Waals surface area contributed by atoms with Gasteiger partial charge < -0.3 is 16.2 Å². The van der Waals surface area contributed by atoms with Crippen molar-refractivity contribution in [1.29, 1.82) is 0 Å². The lowest BCUT2D eigenvalue weighted by Crippen LogP contribution is -2.11. The second kappa shape index (κ2) is 3.70. The summed E-state index contributed by atoms with van der Waals surface area (Å²) in [7, 11) is 0. The largest absolute Gasteiger partial charge is 0.462 e. The van der Waals surface area contributed by atoms with Gasteiger partial charge in [0.25, 0.3) is 0 Å². The number of hydrogen-bond acceptors (Lipinski definition) is 6. The van der Waals surface area contributed by atoms with E-state index in [0.29, 0.717) is 0 Å². The molecule has 1 heterocycles. The van der Waals surface area contributed by atoms with Crippen molar-refractivity contribution in [3.63, 3.8) is 0 Å². The molecule has 0 bridgehead atoms. The number of nitrogens with zero attached hydrogens (tertiary/aromatic N) is 2. The molecule has 0 aliphatic carbocycles. The third kappa shape index (κ3) is 2.05. The highest BCUT2D eigenvalue weighted by Crippen LogP contribution is 2.09. The van der Waals surface area contributed by atoms with Crippen LogP contribution in [0.25, 0.3) is 0 Å². The van der Waals surface area contributed by atoms with Gasteiger partial charge in [0.05, 0.1) is 6.61 Å². The molecule has 6 heteroatoms. The second-order valence-corrected chi connectivity index (χ2v) is 2.25. The second-order valence-electron chi connectivity index (χ2n) is 2.25. The molecule has 1 aromatic heterocycles. The zero-order valence-electron chi connectivity index (χ0n) is 7.15. The maximum atomic E-state index is 11.2. The Morgan fingerprint density at radius 3 is 2.85 bits per heavy atom. The normalized spacial score (nSPS) is 9.62. The van der Waals surface area contributed by atoms with E-state index in [1.807, 2.05) is 0 Å². The summed E-state index contributed by atoms with van der Waals surface area (Å²) in [4.78, 5) is 18.4. The molecule has 0 fully saturated rings. The van der Waals surface area contributed by atoms with E-state index < -0.39 is 5.97 Å².